The first-order valence-electron chi connectivity index (χ1n) is 5.84. The Bertz CT molecular complexity index is 359. The number of hydrogen-bond acceptors (Lipinski definition) is 2. The van der Waals surface area contributed by atoms with Gasteiger partial charge in [-0.1, -0.05) is 35.8 Å². The van der Waals surface area contributed by atoms with E-state index in [1.165, 1.54) is 6.07 Å². The highest BCUT2D eigenvalue weighted by Crippen LogP contribution is 2.19. The predicted octanol–water partition coefficient (Wildman–Crippen LogP) is 3.99. The van der Waals surface area contributed by atoms with E-state index in [0.717, 1.165) is 16.6 Å². The highest BCUT2D eigenvalue weighted by Gasteiger charge is 2.10. The molecule has 0 aliphatic heterocycles. The molecule has 1 aromatic rings. The zero-order chi connectivity index (χ0) is 12.8. The van der Waals surface area contributed by atoms with Crippen LogP contribution < -0.4 is 5.73 Å². The molecule has 0 amide bonds. The van der Waals surface area contributed by atoms with E-state index in [4.69, 9.17) is 5.73 Å². The summed E-state index contributed by atoms with van der Waals surface area (Å²) in [5, 5.41) is 0.621. The molecule has 0 saturated carbocycles. The van der Waals surface area contributed by atoms with Crippen molar-refractivity contribution in [1.29, 1.82) is 0 Å². The molecule has 2 atom stereocenters. The van der Waals surface area contributed by atoms with Gasteiger partial charge < -0.3 is 5.73 Å². The van der Waals surface area contributed by atoms with Crippen LogP contribution >= 0.6 is 27.7 Å². The zero-order valence-electron chi connectivity index (χ0n) is 10.2. The summed E-state index contributed by atoms with van der Waals surface area (Å²) in [7, 11) is 0. The topological polar surface area (TPSA) is 26.0 Å². The van der Waals surface area contributed by atoms with Crippen LogP contribution in [0.25, 0.3) is 0 Å². The molecule has 1 rings (SSSR count). The molecule has 0 aliphatic carbocycles. The fourth-order valence-electron chi connectivity index (χ4n) is 1.43. The first-order chi connectivity index (χ1) is 8.02. The molecular weight excluding hydrogens is 301 g/mol. The molecule has 0 spiro atoms. The van der Waals surface area contributed by atoms with Crippen LogP contribution in [-0.2, 0) is 6.42 Å². The Kier molecular flexibility index (Phi) is 6.52. The Morgan fingerprint density at radius 2 is 2.18 bits per heavy atom. The minimum Gasteiger partial charge on any atom is -0.327 e. The normalized spacial score (nSPS) is 14.6. The Hall–Kier alpha value is -0.0600. The molecule has 1 aromatic carbocycles. The number of nitrogens with two attached hydrogens (primary N) is 1. The monoisotopic (exact) mass is 319 g/mol. The van der Waals surface area contributed by atoms with Gasteiger partial charge in [0.05, 0.1) is 0 Å². The summed E-state index contributed by atoms with van der Waals surface area (Å²) in [4.78, 5) is 0. The van der Waals surface area contributed by atoms with Crippen molar-refractivity contribution < 1.29 is 4.39 Å². The fourth-order valence-corrected chi connectivity index (χ4v) is 2.70. The van der Waals surface area contributed by atoms with E-state index in [9.17, 15) is 4.39 Å². The maximum atomic E-state index is 13.6. The van der Waals surface area contributed by atoms with Gasteiger partial charge >= 0.3 is 0 Å². The fraction of sp³-hybridized carbons (Fsp3) is 0.538. The van der Waals surface area contributed by atoms with E-state index in [-0.39, 0.29) is 11.9 Å². The van der Waals surface area contributed by atoms with Crippen molar-refractivity contribution in [2.45, 2.75) is 38.0 Å². The number of benzene rings is 1. The molecule has 4 heteroatoms. The van der Waals surface area contributed by atoms with Gasteiger partial charge in [0.25, 0.3) is 0 Å². The third-order valence-electron chi connectivity index (χ3n) is 2.67. The second-order valence-electron chi connectivity index (χ2n) is 4.25. The Labute approximate surface area is 115 Å². The van der Waals surface area contributed by atoms with E-state index < -0.39 is 0 Å². The summed E-state index contributed by atoms with van der Waals surface area (Å²) in [6, 6.07) is 5.16. The summed E-state index contributed by atoms with van der Waals surface area (Å²) in [5.74, 6) is 0.702. The molecular formula is C13H19BrFNS. The smallest absolute Gasteiger partial charge is 0.127 e. The summed E-state index contributed by atoms with van der Waals surface area (Å²) in [6.07, 6.45) is 1.74. The van der Waals surface area contributed by atoms with E-state index >= 15 is 0 Å². The Morgan fingerprint density at radius 3 is 2.76 bits per heavy atom. The quantitative estimate of drug-likeness (QED) is 0.858. The minimum absolute atomic E-state index is 0.0182. The van der Waals surface area contributed by atoms with Gasteiger partial charge in [0.15, 0.2) is 0 Å². The molecule has 0 aromatic heterocycles. The second kappa shape index (κ2) is 7.39. The van der Waals surface area contributed by atoms with Gasteiger partial charge in [-0.3, -0.25) is 0 Å². The van der Waals surface area contributed by atoms with Gasteiger partial charge in [-0.2, -0.15) is 11.8 Å². The van der Waals surface area contributed by atoms with Gasteiger partial charge in [-0.15, -0.1) is 0 Å². The van der Waals surface area contributed by atoms with Crippen LogP contribution in [-0.4, -0.2) is 17.0 Å². The van der Waals surface area contributed by atoms with Crippen LogP contribution in [0.2, 0.25) is 0 Å². The molecule has 1 nitrogen and oxygen atoms in total. The summed E-state index contributed by atoms with van der Waals surface area (Å²) in [5.41, 5.74) is 6.72. The molecule has 0 saturated heterocycles. The van der Waals surface area contributed by atoms with Gasteiger partial charge in [0, 0.05) is 21.5 Å². The van der Waals surface area contributed by atoms with Crippen molar-refractivity contribution in [2.24, 2.45) is 5.73 Å². The minimum atomic E-state index is -0.177. The number of hydrogen-bond donors (Lipinski definition) is 1. The first kappa shape index (κ1) is 15.0. The number of halogens is 2. The highest BCUT2D eigenvalue weighted by molar-refractivity contribution is 9.10. The Balaban J connectivity index is 2.47. The molecule has 96 valence electrons. The summed E-state index contributed by atoms with van der Waals surface area (Å²) >= 11 is 5.10. The SMILES string of the molecule is CCC(C)SCC(N)Cc1ccc(Br)cc1F. The highest BCUT2D eigenvalue weighted by atomic mass is 79.9. The average Bonchev–Trinajstić information content (AvgIpc) is 2.29. The number of rotatable bonds is 6. The van der Waals surface area contributed by atoms with Gasteiger partial charge in [-0.05, 0) is 30.5 Å². The third-order valence-corrected chi connectivity index (χ3v) is 4.68. The van der Waals surface area contributed by atoms with E-state index in [1.807, 2.05) is 17.8 Å². The van der Waals surface area contributed by atoms with Gasteiger partial charge in [0.2, 0.25) is 0 Å². The van der Waals surface area contributed by atoms with Crippen molar-refractivity contribution in [3.05, 3.63) is 34.1 Å². The summed E-state index contributed by atoms with van der Waals surface area (Å²) < 4.78 is 14.3. The Morgan fingerprint density at radius 1 is 1.47 bits per heavy atom. The molecule has 2 N–H and O–H groups in total. The van der Waals surface area contributed by atoms with Crippen LogP contribution in [0.4, 0.5) is 4.39 Å². The average molecular weight is 320 g/mol. The third kappa shape index (κ3) is 5.40. The van der Waals surface area contributed by atoms with Crippen LogP contribution in [0, 0.1) is 5.82 Å². The van der Waals surface area contributed by atoms with Gasteiger partial charge in [-0.25, -0.2) is 4.39 Å². The largest absolute Gasteiger partial charge is 0.327 e. The first-order valence-corrected chi connectivity index (χ1v) is 7.68. The molecule has 0 fully saturated rings. The lowest BCUT2D eigenvalue weighted by molar-refractivity contribution is 0.596. The number of thioether (sulfide) groups is 1. The van der Waals surface area contributed by atoms with Crippen LogP contribution in [0.5, 0.6) is 0 Å². The van der Waals surface area contributed by atoms with Crippen molar-refractivity contribution in [2.75, 3.05) is 5.75 Å². The zero-order valence-corrected chi connectivity index (χ0v) is 12.7. The molecule has 0 bridgehead atoms. The van der Waals surface area contributed by atoms with Crippen molar-refractivity contribution >= 4 is 27.7 Å². The van der Waals surface area contributed by atoms with E-state index in [2.05, 4.69) is 29.8 Å². The molecule has 0 radical (unpaired) electrons. The second-order valence-corrected chi connectivity index (χ2v) is 6.64. The van der Waals surface area contributed by atoms with Crippen LogP contribution in [0.3, 0.4) is 0 Å². The van der Waals surface area contributed by atoms with E-state index in [0.29, 0.717) is 17.2 Å². The lowest BCUT2D eigenvalue weighted by Gasteiger charge is -2.14. The van der Waals surface area contributed by atoms with E-state index in [1.54, 1.807) is 6.07 Å². The van der Waals surface area contributed by atoms with Crippen LogP contribution in [0.15, 0.2) is 22.7 Å². The van der Waals surface area contributed by atoms with Crippen LogP contribution in [0.1, 0.15) is 25.8 Å². The van der Waals surface area contributed by atoms with Crippen molar-refractivity contribution in [3.63, 3.8) is 0 Å². The van der Waals surface area contributed by atoms with Crippen molar-refractivity contribution in [3.8, 4) is 0 Å². The molecule has 2 unspecified atom stereocenters. The lowest BCUT2D eigenvalue weighted by atomic mass is 10.1. The predicted molar refractivity (Wildman–Crippen MR) is 78.0 cm³/mol. The lowest BCUT2D eigenvalue weighted by Crippen LogP contribution is -2.26. The molecule has 17 heavy (non-hydrogen) atoms. The molecule has 0 heterocycles. The summed E-state index contributed by atoms with van der Waals surface area (Å²) in [6.45, 7) is 4.36. The maximum absolute atomic E-state index is 13.6. The standard InChI is InChI=1S/C13H19BrFNS/c1-3-9(2)17-8-12(16)6-10-4-5-11(14)7-13(10)15/h4-5,7,9,12H,3,6,8,16H2,1-2H3. The maximum Gasteiger partial charge on any atom is 0.127 e. The van der Waals surface area contributed by atoms with Crippen molar-refractivity contribution in [1.82, 2.24) is 0 Å². The van der Waals surface area contributed by atoms with Gasteiger partial charge in [0.1, 0.15) is 5.82 Å². The molecule has 0 aliphatic rings.